The van der Waals surface area contributed by atoms with Gasteiger partial charge in [0.25, 0.3) is 0 Å². The number of nitrogens with zero attached hydrogens (tertiary/aromatic N) is 1. The first kappa shape index (κ1) is 16.0. The number of ether oxygens (including phenoxy) is 2. The zero-order valence-electron chi connectivity index (χ0n) is 12.4. The smallest absolute Gasteiger partial charge is 0.317 e. The maximum absolute atomic E-state index is 11.5. The van der Waals surface area contributed by atoms with Crippen molar-refractivity contribution in [3.63, 3.8) is 0 Å². The van der Waals surface area contributed by atoms with Gasteiger partial charge in [0.1, 0.15) is 13.0 Å². The number of hydrogen-bond donors (Lipinski definition) is 0. The fourth-order valence-electron chi connectivity index (χ4n) is 2.46. The molecule has 19 heavy (non-hydrogen) atoms. The molecule has 0 unspecified atom stereocenters. The van der Waals surface area contributed by atoms with E-state index in [2.05, 4.69) is 25.7 Å². The van der Waals surface area contributed by atoms with Gasteiger partial charge in [-0.15, -0.1) is 0 Å². The molecule has 1 aliphatic heterocycles. The molecule has 0 bridgehead atoms. The lowest BCUT2D eigenvalue weighted by atomic mass is 10.1. The van der Waals surface area contributed by atoms with Gasteiger partial charge >= 0.3 is 11.9 Å². The van der Waals surface area contributed by atoms with Gasteiger partial charge in [0.15, 0.2) is 0 Å². The monoisotopic (exact) mass is 271 g/mol. The van der Waals surface area contributed by atoms with Gasteiger partial charge in [0, 0.05) is 11.6 Å². The molecule has 1 heterocycles. The van der Waals surface area contributed by atoms with E-state index >= 15 is 0 Å². The van der Waals surface area contributed by atoms with Crippen molar-refractivity contribution < 1.29 is 19.1 Å². The van der Waals surface area contributed by atoms with Gasteiger partial charge in [-0.25, -0.2) is 0 Å². The van der Waals surface area contributed by atoms with Crippen molar-refractivity contribution in [1.29, 1.82) is 0 Å². The van der Waals surface area contributed by atoms with E-state index in [0.29, 0.717) is 6.61 Å². The summed E-state index contributed by atoms with van der Waals surface area (Å²) in [5, 5.41) is 0. The van der Waals surface area contributed by atoms with Crippen LogP contribution in [0, 0.1) is 0 Å². The van der Waals surface area contributed by atoms with Crippen molar-refractivity contribution >= 4 is 11.9 Å². The van der Waals surface area contributed by atoms with Gasteiger partial charge in [-0.05, 0) is 47.1 Å². The highest BCUT2D eigenvalue weighted by Gasteiger charge is 2.33. The van der Waals surface area contributed by atoms with E-state index in [1.807, 2.05) is 0 Å². The lowest BCUT2D eigenvalue weighted by molar-refractivity contribution is -0.155. The summed E-state index contributed by atoms with van der Waals surface area (Å²) < 4.78 is 9.90. The molecule has 0 aliphatic carbocycles. The molecule has 0 aromatic carbocycles. The standard InChI is InChI=1S/C14H25NO4/c1-5-18-12(16)9-13(17)19-10-11-7-6-8-15(11)14(2,3)4/h11H,5-10H2,1-4H3/t11-/m0/s1. The van der Waals surface area contributed by atoms with Crippen molar-refractivity contribution in [2.24, 2.45) is 0 Å². The predicted molar refractivity (Wildman–Crippen MR) is 71.7 cm³/mol. The van der Waals surface area contributed by atoms with E-state index in [1.54, 1.807) is 6.92 Å². The van der Waals surface area contributed by atoms with Crippen LogP contribution in [0.5, 0.6) is 0 Å². The quantitative estimate of drug-likeness (QED) is 0.563. The molecule has 5 nitrogen and oxygen atoms in total. The van der Waals surface area contributed by atoms with E-state index in [1.165, 1.54) is 0 Å². The van der Waals surface area contributed by atoms with Crippen LogP contribution < -0.4 is 0 Å². The Kier molecular flexibility index (Phi) is 5.79. The van der Waals surface area contributed by atoms with E-state index in [9.17, 15) is 9.59 Å². The van der Waals surface area contributed by atoms with Crippen LogP contribution in [0.25, 0.3) is 0 Å². The van der Waals surface area contributed by atoms with Gasteiger partial charge in [-0.1, -0.05) is 0 Å². The molecule has 0 radical (unpaired) electrons. The first-order valence-electron chi connectivity index (χ1n) is 6.92. The molecular weight excluding hydrogens is 246 g/mol. The second-order valence-corrected chi connectivity index (χ2v) is 5.83. The van der Waals surface area contributed by atoms with Crippen LogP contribution in [0.2, 0.25) is 0 Å². The van der Waals surface area contributed by atoms with Crippen molar-refractivity contribution in [2.45, 2.75) is 58.5 Å². The van der Waals surface area contributed by atoms with Gasteiger partial charge in [-0.3, -0.25) is 14.5 Å². The van der Waals surface area contributed by atoms with Crippen LogP contribution >= 0.6 is 0 Å². The minimum absolute atomic E-state index is 0.0781. The molecule has 0 spiro atoms. The van der Waals surface area contributed by atoms with Crippen LogP contribution in [-0.2, 0) is 19.1 Å². The average Bonchev–Trinajstić information content (AvgIpc) is 2.74. The van der Waals surface area contributed by atoms with E-state index in [0.717, 1.165) is 19.4 Å². The third kappa shape index (κ3) is 5.19. The summed E-state index contributed by atoms with van der Waals surface area (Å²) in [7, 11) is 0. The van der Waals surface area contributed by atoms with Crippen LogP contribution in [0.15, 0.2) is 0 Å². The number of hydrogen-bond acceptors (Lipinski definition) is 5. The molecule has 1 fully saturated rings. The lowest BCUT2D eigenvalue weighted by Crippen LogP contribution is -2.46. The average molecular weight is 271 g/mol. The number of likely N-dealkylation sites (tertiary alicyclic amines) is 1. The normalized spacial score (nSPS) is 20.3. The van der Waals surface area contributed by atoms with Crippen molar-refractivity contribution in [1.82, 2.24) is 4.90 Å². The highest BCUT2D eigenvalue weighted by Crippen LogP contribution is 2.26. The molecule has 0 N–H and O–H groups in total. The van der Waals surface area contributed by atoms with Crippen molar-refractivity contribution in [2.75, 3.05) is 19.8 Å². The molecule has 0 amide bonds. The Morgan fingerprint density at radius 2 is 1.84 bits per heavy atom. The summed E-state index contributed by atoms with van der Waals surface area (Å²) in [6.07, 6.45) is 1.86. The van der Waals surface area contributed by atoms with Gasteiger partial charge in [0.05, 0.1) is 6.61 Å². The Bertz CT molecular complexity index is 322. The van der Waals surface area contributed by atoms with E-state index < -0.39 is 11.9 Å². The van der Waals surface area contributed by atoms with Crippen molar-refractivity contribution in [3.8, 4) is 0 Å². The molecule has 1 rings (SSSR count). The third-order valence-corrected chi connectivity index (χ3v) is 3.27. The van der Waals surface area contributed by atoms with E-state index in [4.69, 9.17) is 9.47 Å². The number of esters is 2. The Morgan fingerprint density at radius 1 is 1.21 bits per heavy atom. The summed E-state index contributed by atoms with van der Waals surface area (Å²) in [6, 6.07) is 0.256. The first-order chi connectivity index (χ1) is 8.84. The first-order valence-corrected chi connectivity index (χ1v) is 6.92. The molecule has 1 aliphatic rings. The minimum Gasteiger partial charge on any atom is -0.466 e. The second-order valence-electron chi connectivity index (χ2n) is 5.83. The lowest BCUT2D eigenvalue weighted by Gasteiger charge is -2.36. The molecule has 5 heteroatoms. The Balaban J connectivity index is 2.35. The SMILES string of the molecule is CCOC(=O)CC(=O)OC[C@@H]1CCCN1C(C)(C)C. The number of carbonyl (C=O) groups is 2. The predicted octanol–water partition coefficient (Wildman–Crippen LogP) is 1.75. The van der Waals surface area contributed by atoms with Gasteiger partial charge < -0.3 is 9.47 Å². The highest BCUT2D eigenvalue weighted by molar-refractivity contribution is 5.91. The zero-order chi connectivity index (χ0) is 14.5. The molecule has 1 saturated heterocycles. The Hall–Kier alpha value is -1.10. The summed E-state index contributed by atoms with van der Waals surface area (Å²) in [4.78, 5) is 25.0. The molecule has 1 atom stereocenters. The molecule has 110 valence electrons. The fraction of sp³-hybridized carbons (Fsp3) is 0.857. The maximum atomic E-state index is 11.5. The summed E-state index contributed by atoms with van der Waals surface area (Å²) in [6.45, 7) is 9.86. The fourth-order valence-corrected chi connectivity index (χ4v) is 2.46. The van der Waals surface area contributed by atoms with Crippen LogP contribution in [-0.4, -0.2) is 48.2 Å². The topological polar surface area (TPSA) is 55.8 Å². The van der Waals surface area contributed by atoms with Crippen molar-refractivity contribution in [3.05, 3.63) is 0 Å². The summed E-state index contributed by atoms with van der Waals surface area (Å²) >= 11 is 0. The highest BCUT2D eigenvalue weighted by atomic mass is 16.6. The summed E-state index contributed by atoms with van der Waals surface area (Å²) in [5.41, 5.74) is 0.0781. The molecule has 0 aromatic heterocycles. The minimum atomic E-state index is -0.522. The largest absolute Gasteiger partial charge is 0.466 e. The second kappa shape index (κ2) is 6.89. The maximum Gasteiger partial charge on any atom is 0.317 e. The molecular formula is C14H25NO4. The number of rotatable bonds is 5. The Labute approximate surface area is 115 Å². The third-order valence-electron chi connectivity index (χ3n) is 3.27. The summed E-state index contributed by atoms with van der Waals surface area (Å²) in [5.74, 6) is -1.02. The van der Waals surface area contributed by atoms with Crippen LogP contribution in [0.4, 0.5) is 0 Å². The Morgan fingerprint density at radius 3 is 2.42 bits per heavy atom. The van der Waals surface area contributed by atoms with Crippen LogP contribution in [0.1, 0.15) is 47.0 Å². The van der Waals surface area contributed by atoms with Gasteiger partial charge in [-0.2, -0.15) is 0 Å². The van der Waals surface area contributed by atoms with Gasteiger partial charge in [0.2, 0.25) is 0 Å². The molecule has 0 aromatic rings. The zero-order valence-corrected chi connectivity index (χ0v) is 12.4. The number of carbonyl (C=O) groups excluding carboxylic acids is 2. The molecule has 0 saturated carbocycles. The van der Waals surface area contributed by atoms with E-state index in [-0.39, 0.29) is 24.6 Å². The van der Waals surface area contributed by atoms with Crippen LogP contribution in [0.3, 0.4) is 0 Å².